The molecule has 1 atom stereocenters. The zero-order valence-electron chi connectivity index (χ0n) is 15.4. The van der Waals surface area contributed by atoms with Crippen molar-refractivity contribution in [1.82, 2.24) is 14.3 Å². The lowest BCUT2D eigenvalue weighted by atomic mass is 10.2. The fourth-order valence-corrected chi connectivity index (χ4v) is 4.25. The van der Waals surface area contributed by atoms with E-state index in [1.807, 2.05) is 0 Å². The van der Waals surface area contributed by atoms with Crippen LogP contribution in [-0.4, -0.2) is 35.8 Å². The topological polar surface area (TPSA) is 93.1 Å². The molecule has 29 heavy (non-hydrogen) atoms. The number of aryl methyl sites for hydroxylation is 1. The van der Waals surface area contributed by atoms with E-state index in [1.54, 1.807) is 4.72 Å². The maximum absolute atomic E-state index is 13.3. The summed E-state index contributed by atoms with van der Waals surface area (Å²) in [6, 6.07) is 0.472. The normalized spacial score (nSPS) is 13.6. The van der Waals surface area contributed by atoms with Gasteiger partial charge in [0.15, 0.2) is 0 Å². The van der Waals surface area contributed by atoms with Crippen molar-refractivity contribution in [2.45, 2.75) is 37.1 Å². The highest BCUT2D eigenvalue weighted by molar-refractivity contribution is 7.89. The van der Waals surface area contributed by atoms with Crippen LogP contribution in [0.3, 0.4) is 0 Å². The molecular formula is C16H17ClF4N4O3S. The Hall–Kier alpha value is -2.18. The number of alkyl halides is 4. The van der Waals surface area contributed by atoms with E-state index in [4.69, 9.17) is 11.6 Å². The van der Waals surface area contributed by atoms with Crippen molar-refractivity contribution in [2.75, 3.05) is 5.32 Å². The van der Waals surface area contributed by atoms with Gasteiger partial charge in [-0.25, -0.2) is 30.7 Å². The molecule has 0 fully saturated rings. The highest BCUT2D eigenvalue weighted by Crippen LogP contribution is 2.29. The van der Waals surface area contributed by atoms with Crippen molar-refractivity contribution in [2.24, 2.45) is 7.05 Å². The highest BCUT2D eigenvalue weighted by Gasteiger charge is 2.36. The first-order valence-electron chi connectivity index (χ1n) is 8.04. The number of amides is 1. The van der Waals surface area contributed by atoms with Crippen LogP contribution in [0.15, 0.2) is 29.4 Å². The summed E-state index contributed by atoms with van der Waals surface area (Å²) < 4.78 is 79.8. The fourth-order valence-electron chi connectivity index (χ4n) is 2.25. The van der Waals surface area contributed by atoms with E-state index >= 15 is 0 Å². The van der Waals surface area contributed by atoms with Gasteiger partial charge in [-0.3, -0.25) is 9.78 Å². The first kappa shape index (κ1) is 23.1. The van der Waals surface area contributed by atoms with Crippen LogP contribution in [0.5, 0.6) is 0 Å². The Morgan fingerprint density at radius 1 is 1.34 bits per heavy atom. The van der Waals surface area contributed by atoms with Gasteiger partial charge in [0.2, 0.25) is 10.0 Å². The molecule has 0 unspecified atom stereocenters. The lowest BCUT2D eigenvalue weighted by Gasteiger charge is -2.20. The fraction of sp³-hybridized carbons (Fsp3) is 0.375. The van der Waals surface area contributed by atoms with Gasteiger partial charge < -0.3 is 9.88 Å². The molecule has 2 aromatic heterocycles. The molecule has 0 radical (unpaired) electrons. The van der Waals surface area contributed by atoms with Crippen LogP contribution >= 0.6 is 11.6 Å². The molecule has 0 spiro atoms. The Labute approximate surface area is 169 Å². The number of nitrogens with zero attached hydrogens (tertiary/aromatic N) is 2. The number of hydrogen-bond donors (Lipinski definition) is 2. The third-order valence-corrected chi connectivity index (χ3v) is 5.99. The minimum atomic E-state index is -4.47. The molecule has 0 aliphatic rings. The van der Waals surface area contributed by atoms with Crippen LogP contribution in [0, 0.1) is 0 Å². The van der Waals surface area contributed by atoms with Gasteiger partial charge in [-0.2, -0.15) is 0 Å². The Morgan fingerprint density at radius 2 is 1.97 bits per heavy atom. The van der Waals surface area contributed by atoms with Gasteiger partial charge in [-0.15, -0.1) is 0 Å². The van der Waals surface area contributed by atoms with Gasteiger partial charge in [0, 0.05) is 32.1 Å². The van der Waals surface area contributed by atoms with Crippen LogP contribution in [0.2, 0.25) is 5.02 Å². The second kappa shape index (κ2) is 8.28. The summed E-state index contributed by atoms with van der Waals surface area (Å²) in [7, 11) is -3.16. The second-order valence-electron chi connectivity index (χ2n) is 6.29. The average molecular weight is 457 g/mol. The zero-order chi connectivity index (χ0) is 22.1. The van der Waals surface area contributed by atoms with Crippen LogP contribution in [-0.2, 0) is 17.1 Å². The minimum absolute atomic E-state index is 0.0145. The van der Waals surface area contributed by atoms with Crippen LogP contribution < -0.4 is 10.0 Å². The van der Waals surface area contributed by atoms with Crippen LogP contribution in [0.4, 0.5) is 23.2 Å². The van der Waals surface area contributed by atoms with Gasteiger partial charge in [-0.1, -0.05) is 11.6 Å². The molecule has 1 amide bonds. The van der Waals surface area contributed by atoms with E-state index < -0.39 is 49.9 Å². The van der Waals surface area contributed by atoms with Crippen molar-refractivity contribution >= 4 is 33.2 Å². The lowest BCUT2D eigenvalue weighted by molar-refractivity contribution is -0.00488. The van der Waals surface area contributed by atoms with E-state index in [0.717, 1.165) is 30.0 Å². The molecule has 2 N–H and O–H groups in total. The van der Waals surface area contributed by atoms with Gasteiger partial charge in [0.05, 0.1) is 11.1 Å². The number of carbonyl (C=O) groups is 1. The lowest BCUT2D eigenvalue weighted by Crippen LogP contribution is -2.43. The molecule has 0 aliphatic carbocycles. The van der Waals surface area contributed by atoms with Gasteiger partial charge in [0.1, 0.15) is 16.3 Å². The van der Waals surface area contributed by atoms with E-state index in [0.29, 0.717) is 6.92 Å². The molecular weight excluding hydrogens is 440 g/mol. The first-order chi connectivity index (χ1) is 13.2. The summed E-state index contributed by atoms with van der Waals surface area (Å²) in [6.45, 7) is 1.53. The number of rotatable bonds is 7. The van der Waals surface area contributed by atoms with Crippen LogP contribution in [0.1, 0.15) is 36.5 Å². The molecule has 2 aromatic rings. The third kappa shape index (κ3) is 5.25. The molecule has 0 saturated heterocycles. The molecule has 2 heterocycles. The SMILES string of the molecule is C[C@@H](NS(=O)(=O)c1cn(C)c(C(=O)Nc2ccnc(C(F)F)c2)c1Cl)C(C)(F)F. The van der Waals surface area contributed by atoms with Gasteiger partial charge >= 0.3 is 0 Å². The van der Waals surface area contributed by atoms with Crippen molar-refractivity contribution in [3.8, 4) is 0 Å². The number of anilines is 1. The van der Waals surface area contributed by atoms with E-state index in [9.17, 15) is 30.8 Å². The molecule has 0 aromatic carbocycles. The summed E-state index contributed by atoms with van der Waals surface area (Å²) in [6.07, 6.45) is -0.806. The molecule has 0 bridgehead atoms. The third-order valence-electron chi connectivity index (χ3n) is 3.95. The Balaban J connectivity index is 2.33. The summed E-state index contributed by atoms with van der Waals surface area (Å²) in [4.78, 5) is 15.4. The monoisotopic (exact) mass is 456 g/mol. The Morgan fingerprint density at radius 3 is 2.52 bits per heavy atom. The maximum Gasteiger partial charge on any atom is 0.280 e. The van der Waals surface area contributed by atoms with E-state index in [-0.39, 0.29) is 11.4 Å². The predicted molar refractivity (Wildman–Crippen MR) is 98.0 cm³/mol. The number of nitrogens with one attached hydrogen (secondary N) is 2. The van der Waals surface area contributed by atoms with E-state index in [1.165, 1.54) is 13.1 Å². The largest absolute Gasteiger partial charge is 0.344 e. The molecule has 0 aliphatic heterocycles. The maximum atomic E-state index is 13.3. The first-order valence-corrected chi connectivity index (χ1v) is 9.90. The average Bonchev–Trinajstić information content (AvgIpc) is 2.89. The van der Waals surface area contributed by atoms with Crippen molar-refractivity contribution in [1.29, 1.82) is 0 Å². The van der Waals surface area contributed by atoms with Crippen molar-refractivity contribution in [3.63, 3.8) is 0 Å². The second-order valence-corrected chi connectivity index (χ2v) is 8.35. The summed E-state index contributed by atoms with van der Waals surface area (Å²) in [5.74, 6) is -4.22. The highest BCUT2D eigenvalue weighted by atomic mass is 35.5. The number of sulfonamides is 1. The predicted octanol–water partition coefficient (Wildman–Crippen LogP) is 3.59. The zero-order valence-corrected chi connectivity index (χ0v) is 17.0. The summed E-state index contributed by atoms with van der Waals surface area (Å²) >= 11 is 6.03. The molecule has 0 saturated carbocycles. The molecule has 7 nitrogen and oxygen atoms in total. The number of pyridine rings is 1. The molecule has 2 rings (SSSR count). The van der Waals surface area contributed by atoms with Crippen molar-refractivity contribution in [3.05, 3.63) is 40.9 Å². The molecule has 13 heteroatoms. The van der Waals surface area contributed by atoms with Crippen LogP contribution in [0.25, 0.3) is 0 Å². The van der Waals surface area contributed by atoms with Gasteiger partial charge in [0.25, 0.3) is 18.3 Å². The number of halogens is 5. The number of hydrogen-bond acceptors (Lipinski definition) is 4. The number of carbonyl (C=O) groups excluding carboxylic acids is 1. The van der Waals surface area contributed by atoms with Crippen molar-refractivity contribution < 1.29 is 30.8 Å². The minimum Gasteiger partial charge on any atom is -0.344 e. The number of aromatic nitrogens is 2. The van der Waals surface area contributed by atoms with E-state index in [2.05, 4.69) is 10.3 Å². The molecule has 160 valence electrons. The van der Waals surface area contributed by atoms with Gasteiger partial charge in [-0.05, 0) is 19.1 Å². The summed E-state index contributed by atoms with van der Waals surface area (Å²) in [5, 5.41) is 1.81. The smallest absolute Gasteiger partial charge is 0.280 e. The Bertz CT molecular complexity index is 1020. The summed E-state index contributed by atoms with van der Waals surface area (Å²) in [5.41, 5.74) is -0.888. The Kier molecular flexibility index (Phi) is 6.60. The standard InChI is InChI=1S/C16H17ClF4N4O3S/c1-8(16(2,20)21)24-29(27,28)11-7-25(3)13(12(11)17)15(26)23-9-4-5-22-10(6-9)14(18)19/h4-8,14,24H,1-3H3,(H,22,23,26)/t8-/m1/s1. The quantitative estimate of drug-likeness (QED) is 0.623.